The van der Waals surface area contributed by atoms with E-state index in [2.05, 4.69) is 57.0 Å². The Kier molecular flexibility index (Phi) is 5.04. The third-order valence-corrected chi connectivity index (χ3v) is 7.53. The van der Waals surface area contributed by atoms with Gasteiger partial charge >= 0.3 is 0 Å². The van der Waals surface area contributed by atoms with Crippen molar-refractivity contribution < 1.29 is 4.79 Å². The van der Waals surface area contributed by atoms with Crippen LogP contribution in [0.3, 0.4) is 0 Å². The highest BCUT2D eigenvalue weighted by molar-refractivity contribution is 6.04. The van der Waals surface area contributed by atoms with Gasteiger partial charge in [0.25, 0.3) is 0 Å². The van der Waals surface area contributed by atoms with Crippen molar-refractivity contribution in [1.29, 1.82) is 0 Å². The van der Waals surface area contributed by atoms with E-state index in [0.29, 0.717) is 11.8 Å². The minimum atomic E-state index is 0.0281. The Hall–Kier alpha value is -2.75. The van der Waals surface area contributed by atoms with Crippen LogP contribution in [-0.2, 0) is 4.79 Å². The van der Waals surface area contributed by atoms with Gasteiger partial charge in [-0.3, -0.25) is 9.79 Å². The molecule has 4 nitrogen and oxygen atoms in total. The van der Waals surface area contributed by atoms with Crippen LogP contribution in [0.4, 0.5) is 5.69 Å². The molecule has 160 valence electrons. The van der Waals surface area contributed by atoms with Crippen molar-refractivity contribution in [3.05, 3.63) is 58.3 Å². The van der Waals surface area contributed by atoms with E-state index in [0.717, 1.165) is 41.1 Å². The number of ketones is 1. The molecular formula is C27H31N3O. The van der Waals surface area contributed by atoms with Crippen molar-refractivity contribution >= 4 is 29.6 Å². The molecule has 4 heteroatoms. The molecule has 1 aliphatic carbocycles. The second-order valence-electron chi connectivity index (χ2n) is 9.62. The molecule has 4 aliphatic rings. The Bertz CT molecular complexity index is 1080. The molecule has 1 fully saturated rings. The number of hydrogen-bond acceptors (Lipinski definition) is 4. The summed E-state index contributed by atoms with van der Waals surface area (Å²) in [4.78, 5) is 18.4. The van der Waals surface area contributed by atoms with Crippen molar-refractivity contribution in [3.8, 4) is 0 Å². The molecule has 0 amide bonds. The number of hydrogen-bond donors (Lipinski definition) is 0. The Balaban J connectivity index is 1.65. The number of aliphatic imine (C=N–C) groups is 1. The lowest BCUT2D eigenvalue weighted by molar-refractivity contribution is -0.120. The van der Waals surface area contributed by atoms with Crippen LogP contribution in [0.25, 0.3) is 5.70 Å². The quantitative estimate of drug-likeness (QED) is 0.561. The van der Waals surface area contributed by atoms with Crippen LogP contribution in [0.5, 0.6) is 0 Å². The number of rotatable bonds is 5. The Morgan fingerprint density at radius 1 is 1.19 bits per heavy atom. The van der Waals surface area contributed by atoms with Crippen molar-refractivity contribution in [2.24, 2.45) is 27.8 Å². The monoisotopic (exact) mass is 413 g/mol. The van der Waals surface area contributed by atoms with E-state index < -0.39 is 0 Å². The largest absolute Gasteiger partial charge is 0.294 e. The van der Waals surface area contributed by atoms with Gasteiger partial charge < -0.3 is 0 Å². The smallest absolute Gasteiger partial charge is 0.164 e. The SMILES string of the molecule is CC1=C2C=CC=NN2C(c2ccc3c(c2)C(C)C=N3)=C(C(=O)C(C)C(C)C2CC2)CC1. The van der Waals surface area contributed by atoms with Crippen LogP contribution < -0.4 is 0 Å². The van der Waals surface area contributed by atoms with Gasteiger partial charge in [0.1, 0.15) is 0 Å². The van der Waals surface area contributed by atoms with Crippen molar-refractivity contribution in [3.63, 3.8) is 0 Å². The zero-order chi connectivity index (χ0) is 21.7. The second-order valence-corrected chi connectivity index (χ2v) is 9.62. The van der Waals surface area contributed by atoms with Crippen molar-refractivity contribution in [2.75, 3.05) is 0 Å². The number of carbonyl (C=O) groups is 1. The van der Waals surface area contributed by atoms with E-state index in [1.54, 1.807) is 0 Å². The number of fused-ring (bicyclic) bond motifs is 2. The zero-order valence-electron chi connectivity index (χ0n) is 18.9. The summed E-state index contributed by atoms with van der Waals surface area (Å²) in [6.45, 7) is 8.71. The molecule has 1 aromatic carbocycles. The first-order valence-electron chi connectivity index (χ1n) is 11.6. The summed E-state index contributed by atoms with van der Waals surface area (Å²) in [5.74, 6) is 1.74. The molecule has 5 rings (SSSR count). The first-order chi connectivity index (χ1) is 15.0. The maximum atomic E-state index is 13.9. The van der Waals surface area contributed by atoms with E-state index in [4.69, 9.17) is 5.10 Å². The van der Waals surface area contributed by atoms with Gasteiger partial charge in [-0.25, -0.2) is 5.01 Å². The first-order valence-corrected chi connectivity index (χ1v) is 11.6. The molecule has 0 saturated heterocycles. The topological polar surface area (TPSA) is 45.0 Å². The van der Waals surface area contributed by atoms with Gasteiger partial charge in [-0.1, -0.05) is 26.8 Å². The Labute approximate surface area is 185 Å². The highest BCUT2D eigenvalue weighted by atomic mass is 16.1. The lowest BCUT2D eigenvalue weighted by atomic mass is 9.82. The summed E-state index contributed by atoms with van der Waals surface area (Å²) < 4.78 is 0. The van der Waals surface area contributed by atoms with Crippen LogP contribution in [0.2, 0.25) is 0 Å². The van der Waals surface area contributed by atoms with Gasteiger partial charge in [0, 0.05) is 35.4 Å². The van der Waals surface area contributed by atoms with E-state index in [-0.39, 0.29) is 17.6 Å². The molecular weight excluding hydrogens is 382 g/mol. The van der Waals surface area contributed by atoms with Crippen molar-refractivity contribution in [1.82, 2.24) is 5.01 Å². The zero-order valence-corrected chi connectivity index (χ0v) is 18.9. The van der Waals surface area contributed by atoms with Crippen LogP contribution in [0, 0.1) is 17.8 Å². The fraction of sp³-hybridized carbons (Fsp3) is 0.444. The fourth-order valence-electron chi connectivity index (χ4n) is 5.10. The molecule has 3 unspecified atom stereocenters. The molecule has 0 spiro atoms. The molecule has 31 heavy (non-hydrogen) atoms. The van der Waals surface area contributed by atoms with E-state index in [9.17, 15) is 4.79 Å². The van der Waals surface area contributed by atoms with Crippen LogP contribution in [-0.4, -0.2) is 23.2 Å². The number of nitrogens with zero attached hydrogens (tertiary/aromatic N) is 3. The van der Waals surface area contributed by atoms with Crippen LogP contribution in [0.15, 0.2) is 57.3 Å². The summed E-state index contributed by atoms with van der Waals surface area (Å²) in [7, 11) is 0. The molecule has 0 N–H and O–H groups in total. The highest BCUT2D eigenvalue weighted by Gasteiger charge is 2.37. The maximum absolute atomic E-state index is 13.9. The molecule has 3 atom stereocenters. The molecule has 0 bridgehead atoms. The second kappa shape index (κ2) is 7.74. The fourth-order valence-corrected chi connectivity index (χ4v) is 5.10. The lowest BCUT2D eigenvalue weighted by Gasteiger charge is -2.28. The van der Waals surface area contributed by atoms with Gasteiger partial charge in [-0.15, -0.1) is 0 Å². The first kappa shape index (κ1) is 20.2. The molecule has 0 aromatic heterocycles. The molecule has 0 radical (unpaired) electrons. The molecule has 1 saturated carbocycles. The number of allylic oxidation sites excluding steroid dienone is 4. The van der Waals surface area contributed by atoms with E-state index in [1.807, 2.05) is 23.5 Å². The van der Waals surface area contributed by atoms with Gasteiger partial charge in [0.15, 0.2) is 5.78 Å². The minimum absolute atomic E-state index is 0.0281. The number of carbonyl (C=O) groups excluding carboxylic acids is 1. The number of benzene rings is 1. The summed E-state index contributed by atoms with van der Waals surface area (Å²) in [5, 5.41) is 6.75. The summed E-state index contributed by atoms with van der Waals surface area (Å²) in [6.07, 6.45) is 12.1. The minimum Gasteiger partial charge on any atom is -0.294 e. The number of hydrazone groups is 1. The standard InChI is InChI=1S/C27H31N3O/c1-16-7-11-22(27(31)19(4)18(3)20-8-9-20)26(30-25(16)6-5-13-29-30)21-10-12-24-23(14-21)17(2)15-28-24/h5-6,10,12-15,17-20H,7-9,11H2,1-4H3. The van der Waals surface area contributed by atoms with E-state index in [1.165, 1.54) is 24.0 Å². The summed E-state index contributed by atoms with van der Waals surface area (Å²) in [5.41, 5.74) is 7.55. The average molecular weight is 414 g/mol. The van der Waals surface area contributed by atoms with Gasteiger partial charge in [0.05, 0.1) is 17.1 Å². The van der Waals surface area contributed by atoms with Crippen LogP contribution >= 0.6 is 0 Å². The predicted octanol–water partition coefficient (Wildman–Crippen LogP) is 6.39. The Morgan fingerprint density at radius 3 is 2.77 bits per heavy atom. The normalized spacial score (nSPS) is 24.3. The van der Waals surface area contributed by atoms with Gasteiger partial charge in [-0.05, 0) is 79.9 Å². The van der Waals surface area contributed by atoms with Crippen molar-refractivity contribution in [2.45, 2.75) is 59.3 Å². The van der Waals surface area contributed by atoms with E-state index >= 15 is 0 Å². The molecule has 1 aromatic rings. The number of Topliss-reactive ketones (excluding diaryl/α,β-unsaturated/α-hetero) is 1. The lowest BCUT2D eigenvalue weighted by Crippen LogP contribution is -2.25. The van der Waals surface area contributed by atoms with Gasteiger partial charge in [0.2, 0.25) is 0 Å². The maximum Gasteiger partial charge on any atom is 0.164 e. The third-order valence-electron chi connectivity index (χ3n) is 7.53. The van der Waals surface area contributed by atoms with Gasteiger partial charge in [-0.2, -0.15) is 5.10 Å². The summed E-state index contributed by atoms with van der Waals surface area (Å²) >= 11 is 0. The highest BCUT2D eigenvalue weighted by Crippen LogP contribution is 2.44. The third kappa shape index (κ3) is 3.52. The summed E-state index contributed by atoms with van der Waals surface area (Å²) in [6, 6.07) is 6.41. The molecule has 3 aliphatic heterocycles. The molecule has 3 heterocycles. The van der Waals surface area contributed by atoms with Crippen LogP contribution in [0.1, 0.15) is 70.4 Å². The predicted molar refractivity (Wildman–Crippen MR) is 127 cm³/mol. The Morgan fingerprint density at radius 2 is 2.00 bits per heavy atom. The average Bonchev–Trinajstić information content (AvgIpc) is 3.59.